The van der Waals surface area contributed by atoms with Crippen molar-refractivity contribution in [2.45, 2.75) is 187 Å². The first kappa shape index (κ1) is 53.8. The van der Waals surface area contributed by atoms with E-state index in [9.17, 15) is 29.4 Å². The van der Waals surface area contributed by atoms with Gasteiger partial charge in [-0.2, -0.15) is 0 Å². The standard InChI is InChI=1S/C50H80FNO12/c1-13-35-24-29(2)43(51)30(3)25-41(60-11)45-42(61-12)26-32(5)50(58,64-45)46(55)47(56)52-21-15-14-17-36(52)48(57)63-44(33(6)37(53)28-38(35)54)31(4)23-34-18-19-39(40(27-34)59-10)62-22-16-20-49(7,8)9/h16,20,23-24,30,32-37,39-45,53,58H,13-15,17-19,21-22,25-28H2,1-12H3/b20-16+,29-24+,31-23?. The molecule has 0 aromatic heterocycles. The van der Waals surface area contributed by atoms with Crippen molar-refractivity contribution >= 4 is 23.4 Å². The number of hydrogen-bond donors (Lipinski definition) is 2. The molecule has 364 valence electrons. The van der Waals surface area contributed by atoms with Crippen LogP contribution in [0.3, 0.4) is 0 Å². The Labute approximate surface area is 381 Å². The highest BCUT2D eigenvalue weighted by molar-refractivity contribution is 6.39. The van der Waals surface area contributed by atoms with Gasteiger partial charge >= 0.3 is 5.97 Å². The van der Waals surface area contributed by atoms with E-state index < -0.39 is 89.9 Å². The summed E-state index contributed by atoms with van der Waals surface area (Å²) in [6, 6.07) is -1.17. The monoisotopic (exact) mass is 906 g/mol. The van der Waals surface area contributed by atoms with Crippen molar-refractivity contribution in [3.63, 3.8) is 0 Å². The van der Waals surface area contributed by atoms with Crippen molar-refractivity contribution in [1.82, 2.24) is 4.90 Å². The zero-order valence-corrected chi connectivity index (χ0v) is 40.7. The molecule has 1 amide bonds. The molecule has 15 unspecified atom stereocenters. The zero-order chi connectivity index (χ0) is 47.7. The van der Waals surface area contributed by atoms with Gasteiger partial charge in [-0.05, 0) is 100 Å². The third-order valence-corrected chi connectivity index (χ3v) is 14.1. The van der Waals surface area contributed by atoms with Crippen LogP contribution in [0.1, 0.15) is 127 Å². The van der Waals surface area contributed by atoms with Gasteiger partial charge in [0.15, 0.2) is 0 Å². The molecule has 3 aliphatic heterocycles. The topological polar surface area (TPSA) is 167 Å². The number of nitrogens with zero attached hydrogens (tertiary/aromatic N) is 1. The van der Waals surface area contributed by atoms with E-state index in [-0.39, 0.29) is 61.6 Å². The largest absolute Gasteiger partial charge is 0.456 e. The average Bonchev–Trinajstić information content (AvgIpc) is 3.26. The highest BCUT2D eigenvalue weighted by Crippen LogP contribution is 2.40. The highest BCUT2D eigenvalue weighted by atomic mass is 19.1. The number of carbonyl (C=O) groups excluding carboxylic acids is 4. The Morgan fingerprint density at radius 2 is 1.61 bits per heavy atom. The van der Waals surface area contributed by atoms with Gasteiger partial charge in [0.05, 0.1) is 37.1 Å². The molecule has 0 aromatic carbocycles. The summed E-state index contributed by atoms with van der Waals surface area (Å²) >= 11 is 0. The molecule has 0 spiro atoms. The van der Waals surface area contributed by atoms with E-state index in [0.29, 0.717) is 43.4 Å². The van der Waals surface area contributed by atoms with Crippen molar-refractivity contribution in [2.24, 2.45) is 35.0 Å². The molecule has 64 heavy (non-hydrogen) atoms. The maximum atomic E-state index is 16.3. The Hall–Kier alpha value is -2.85. The number of rotatable bonds is 9. The number of ether oxygens (including phenoxy) is 6. The van der Waals surface area contributed by atoms with Gasteiger partial charge in [0.2, 0.25) is 5.79 Å². The molecule has 14 heteroatoms. The smallest absolute Gasteiger partial charge is 0.329 e. The Morgan fingerprint density at radius 1 is 0.953 bits per heavy atom. The Balaban J connectivity index is 1.73. The number of methoxy groups -OCH3 is 3. The van der Waals surface area contributed by atoms with Crippen LogP contribution in [0.2, 0.25) is 0 Å². The fourth-order valence-corrected chi connectivity index (χ4v) is 10.0. The first-order valence-corrected chi connectivity index (χ1v) is 23.7. The van der Waals surface area contributed by atoms with E-state index in [1.807, 2.05) is 26.0 Å². The number of aliphatic hydroxyl groups excluding tert-OH is 1. The lowest BCUT2D eigenvalue weighted by molar-refractivity contribution is -0.302. The number of fused-ring (bicyclic) bond motifs is 3. The maximum Gasteiger partial charge on any atom is 0.329 e. The second-order valence-corrected chi connectivity index (χ2v) is 20.2. The summed E-state index contributed by atoms with van der Waals surface area (Å²) in [5, 5.41) is 23.9. The minimum Gasteiger partial charge on any atom is -0.456 e. The van der Waals surface area contributed by atoms with Crippen LogP contribution in [0.25, 0.3) is 0 Å². The molecule has 13 nitrogen and oxygen atoms in total. The average molecular weight is 906 g/mol. The number of ketones is 2. The SMILES string of the molecule is CCC1/C=C(\C)C(F)C(C)CC(OC)C2OC(O)(C(=O)C(=O)N3CCCCC3C(=O)OC(C(C)=CC3CCC(OC/C=C/C(C)(C)C)C(OC)C3)C(C)C(O)CC1=O)C(C)CC2OC. The van der Waals surface area contributed by atoms with E-state index in [1.165, 1.54) is 14.2 Å². The number of piperidine rings is 1. The summed E-state index contributed by atoms with van der Waals surface area (Å²) in [5.74, 6) is -8.98. The van der Waals surface area contributed by atoms with Crippen LogP contribution in [0, 0.1) is 35.0 Å². The zero-order valence-electron chi connectivity index (χ0n) is 40.7. The van der Waals surface area contributed by atoms with E-state index in [1.54, 1.807) is 40.9 Å². The maximum absolute atomic E-state index is 16.3. The van der Waals surface area contributed by atoms with Crippen LogP contribution >= 0.6 is 0 Å². The summed E-state index contributed by atoms with van der Waals surface area (Å²) < 4.78 is 52.6. The Bertz CT molecular complexity index is 1670. The molecule has 15 atom stereocenters. The van der Waals surface area contributed by atoms with E-state index in [0.717, 1.165) is 17.7 Å². The Kier molecular flexibility index (Phi) is 19.9. The molecule has 0 radical (unpaired) electrons. The number of carbonyl (C=O) groups is 4. The van der Waals surface area contributed by atoms with E-state index in [2.05, 4.69) is 26.8 Å². The molecular weight excluding hydrogens is 826 g/mol. The van der Waals surface area contributed by atoms with Crippen LogP contribution in [0.15, 0.2) is 35.5 Å². The van der Waals surface area contributed by atoms with Gasteiger partial charge in [-0.25, -0.2) is 9.18 Å². The van der Waals surface area contributed by atoms with Crippen molar-refractivity contribution in [1.29, 1.82) is 0 Å². The van der Waals surface area contributed by atoms with Crippen molar-refractivity contribution < 1.29 is 62.2 Å². The summed E-state index contributed by atoms with van der Waals surface area (Å²) in [6.45, 7) is 17.2. The Morgan fingerprint density at radius 3 is 2.23 bits per heavy atom. The first-order chi connectivity index (χ1) is 30.1. The van der Waals surface area contributed by atoms with Gasteiger partial charge in [-0.3, -0.25) is 14.4 Å². The highest BCUT2D eigenvalue weighted by Gasteiger charge is 2.57. The molecule has 2 bridgehead atoms. The third kappa shape index (κ3) is 13.4. The van der Waals surface area contributed by atoms with Crippen LogP contribution < -0.4 is 0 Å². The molecule has 4 aliphatic rings. The predicted molar refractivity (Wildman–Crippen MR) is 241 cm³/mol. The number of alkyl halides is 1. The number of esters is 1. The summed E-state index contributed by atoms with van der Waals surface area (Å²) in [5.41, 5.74) is 1.04. The second-order valence-electron chi connectivity index (χ2n) is 20.2. The molecule has 4 rings (SSSR count). The lowest BCUT2D eigenvalue weighted by Crippen LogP contribution is -2.64. The van der Waals surface area contributed by atoms with E-state index >= 15 is 4.39 Å². The number of halogens is 1. The number of amides is 1. The minimum atomic E-state index is -2.60. The predicted octanol–water partition coefficient (Wildman–Crippen LogP) is 7.05. The van der Waals surface area contributed by atoms with Gasteiger partial charge in [-0.1, -0.05) is 72.8 Å². The molecule has 1 aliphatic carbocycles. The van der Waals surface area contributed by atoms with Crippen molar-refractivity contribution in [2.75, 3.05) is 34.5 Å². The number of hydrogen-bond acceptors (Lipinski definition) is 12. The third-order valence-electron chi connectivity index (χ3n) is 14.1. The van der Waals surface area contributed by atoms with Crippen molar-refractivity contribution in [3.05, 3.63) is 35.5 Å². The molecule has 0 aromatic rings. The van der Waals surface area contributed by atoms with Crippen LogP contribution in [-0.4, -0.2) is 134 Å². The van der Waals surface area contributed by atoms with Gasteiger partial charge in [0, 0.05) is 52.0 Å². The van der Waals surface area contributed by atoms with Gasteiger partial charge < -0.3 is 43.5 Å². The van der Waals surface area contributed by atoms with Crippen LogP contribution in [0.5, 0.6) is 0 Å². The molecule has 3 fully saturated rings. The molecule has 1 saturated carbocycles. The summed E-state index contributed by atoms with van der Waals surface area (Å²) in [7, 11) is 4.56. The van der Waals surface area contributed by atoms with Gasteiger partial charge in [-0.15, -0.1) is 0 Å². The molecule has 2 N–H and O–H groups in total. The van der Waals surface area contributed by atoms with Gasteiger partial charge in [0.25, 0.3) is 11.7 Å². The number of allylic oxidation sites excluding steroid dienone is 4. The second kappa shape index (κ2) is 23.7. The fourth-order valence-electron chi connectivity index (χ4n) is 10.0. The minimum absolute atomic E-state index is 0.0150. The van der Waals surface area contributed by atoms with Crippen LogP contribution in [-0.2, 0) is 47.6 Å². The number of cyclic esters (lactones) is 1. The summed E-state index contributed by atoms with van der Waals surface area (Å²) in [4.78, 5) is 58.2. The van der Waals surface area contributed by atoms with E-state index in [4.69, 9.17) is 28.4 Å². The molecule has 2 saturated heterocycles. The fraction of sp³-hybridized carbons (Fsp3) is 0.800. The molecular formula is C50H80FNO12. The summed E-state index contributed by atoms with van der Waals surface area (Å²) in [6.07, 6.45) is 4.89. The normalized spacial score (nSPS) is 39.5. The quantitative estimate of drug-likeness (QED) is 0.138. The van der Waals surface area contributed by atoms with Gasteiger partial charge in [0.1, 0.15) is 30.2 Å². The van der Waals surface area contributed by atoms with Crippen molar-refractivity contribution in [3.8, 4) is 0 Å². The van der Waals surface area contributed by atoms with Crippen LogP contribution in [0.4, 0.5) is 4.39 Å². The molecule has 3 heterocycles. The lowest BCUT2D eigenvalue weighted by atomic mass is 9.81. The number of aliphatic hydroxyl groups is 2. The number of Topliss-reactive ketones (excluding diaryl/α,β-unsaturated/α-hetero) is 2. The first-order valence-electron chi connectivity index (χ1n) is 23.7. The lowest BCUT2D eigenvalue weighted by Gasteiger charge is -2.47.